The molecule has 10 aromatic rings. The minimum atomic E-state index is -0.435. The molecule has 0 saturated carbocycles. The molecule has 2 aliphatic heterocycles. The Kier molecular flexibility index (Phi) is 9.37. The quantitative estimate of drug-likeness (QED) is 0.159. The van der Waals surface area contributed by atoms with Crippen LogP contribution in [-0.4, -0.2) is 6.71 Å². The molecular weight excluding hydrogens is 888 g/mol. The molecule has 0 saturated heterocycles. The van der Waals surface area contributed by atoms with E-state index in [1.54, 1.807) is 0 Å². The highest BCUT2D eigenvalue weighted by Crippen LogP contribution is 2.64. The van der Waals surface area contributed by atoms with Gasteiger partial charge < -0.3 is 9.80 Å². The summed E-state index contributed by atoms with van der Waals surface area (Å²) in [6.07, 6.45) is 0. The maximum atomic E-state index is 2.64. The highest BCUT2D eigenvalue weighted by molar-refractivity contribution is 7.33. The molecule has 0 amide bonds. The van der Waals surface area contributed by atoms with Crippen LogP contribution in [0.3, 0.4) is 0 Å². The average molecular weight is 945 g/mol. The van der Waals surface area contributed by atoms with E-state index >= 15 is 0 Å². The molecule has 2 nitrogen and oxygen atoms in total. The SMILES string of the molecule is Cc1cc2c3c(c1)N(c1ccc(C(C)C)cc1)c1c(sc4cc5c(cc14)-c1ccc(C(C)C)cc1C51c4ccccc4-c4ccccc41)B3c1ccc(-c3ccccc3)cc1N2c1ccc(C(C)(C)C)cc1. The molecule has 3 heterocycles. The molecule has 0 atom stereocenters. The summed E-state index contributed by atoms with van der Waals surface area (Å²) >= 11 is 2.01. The first kappa shape index (κ1) is 43.4. The second-order valence-electron chi connectivity index (χ2n) is 22.5. The summed E-state index contributed by atoms with van der Waals surface area (Å²) < 4.78 is 2.72. The molecule has 4 heteroatoms. The number of hydrogen-bond acceptors (Lipinski definition) is 3. The monoisotopic (exact) mass is 944 g/mol. The molecule has 1 aromatic heterocycles. The van der Waals surface area contributed by atoms with Crippen LogP contribution in [0.25, 0.3) is 43.5 Å². The number of thiophene rings is 1. The van der Waals surface area contributed by atoms with E-state index < -0.39 is 5.41 Å². The minimum absolute atomic E-state index is 0.0109. The molecule has 0 N–H and O–H groups in total. The smallest absolute Gasteiger partial charge is 0.264 e. The zero-order valence-corrected chi connectivity index (χ0v) is 43.2. The van der Waals surface area contributed by atoms with E-state index in [9.17, 15) is 0 Å². The number of aryl methyl sites for hydroxylation is 1. The first-order valence-electron chi connectivity index (χ1n) is 26.0. The van der Waals surface area contributed by atoms with E-state index in [0.29, 0.717) is 11.8 Å². The van der Waals surface area contributed by atoms with E-state index in [4.69, 9.17) is 0 Å². The first-order valence-corrected chi connectivity index (χ1v) is 26.8. The van der Waals surface area contributed by atoms with Crippen molar-refractivity contribution in [3.63, 3.8) is 0 Å². The highest BCUT2D eigenvalue weighted by Gasteiger charge is 2.53. The Balaban J connectivity index is 1.08. The molecular formula is C68H57BN2S. The second kappa shape index (κ2) is 15.6. The van der Waals surface area contributed by atoms with Gasteiger partial charge in [-0.3, -0.25) is 0 Å². The minimum Gasteiger partial charge on any atom is -0.311 e. The summed E-state index contributed by atoms with van der Waals surface area (Å²) in [6.45, 7) is 18.5. The van der Waals surface area contributed by atoms with Gasteiger partial charge in [0.2, 0.25) is 0 Å². The van der Waals surface area contributed by atoms with Crippen LogP contribution in [-0.2, 0) is 10.8 Å². The Hall–Kier alpha value is -7.40. The van der Waals surface area contributed by atoms with Crippen molar-refractivity contribution in [2.24, 2.45) is 0 Å². The third-order valence-corrected chi connectivity index (χ3v) is 17.8. The zero-order chi connectivity index (χ0) is 48.9. The van der Waals surface area contributed by atoms with Crippen LogP contribution >= 0.6 is 11.3 Å². The van der Waals surface area contributed by atoms with Gasteiger partial charge in [0.1, 0.15) is 0 Å². The van der Waals surface area contributed by atoms with Gasteiger partial charge in [0.25, 0.3) is 6.71 Å². The fraction of sp³-hybridized carbons (Fsp3) is 0.176. The molecule has 72 heavy (non-hydrogen) atoms. The van der Waals surface area contributed by atoms with Gasteiger partial charge in [-0.15, -0.1) is 11.3 Å². The Morgan fingerprint density at radius 2 is 1.07 bits per heavy atom. The Morgan fingerprint density at radius 3 is 1.74 bits per heavy atom. The number of nitrogens with zero attached hydrogens (tertiary/aromatic N) is 2. The van der Waals surface area contributed by atoms with Crippen molar-refractivity contribution in [3.8, 4) is 33.4 Å². The maximum Gasteiger partial charge on any atom is 0.264 e. The van der Waals surface area contributed by atoms with Gasteiger partial charge in [0, 0.05) is 43.3 Å². The van der Waals surface area contributed by atoms with Gasteiger partial charge >= 0.3 is 0 Å². The summed E-state index contributed by atoms with van der Waals surface area (Å²) in [6, 6.07) is 73.0. The molecule has 1 spiro atoms. The summed E-state index contributed by atoms with van der Waals surface area (Å²) in [5, 5.41) is 1.31. The highest BCUT2D eigenvalue weighted by atomic mass is 32.1. The molecule has 14 rings (SSSR count). The van der Waals surface area contributed by atoms with E-state index in [-0.39, 0.29) is 12.1 Å². The van der Waals surface area contributed by atoms with Crippen LogP contribution in [0.5, 0.6) is 0 Å². The summed E-state index contributed by atoms with van der Waals surface area (Å²) in [7, 11) is 0. The van der Waals surface area contributed by atoms with Crippen LogP contribution < -0.4 is 25.5 Å². The lowest BCUT2D eigenvalue weighted by molar-refractivity contribution is 0.590. The van der Waals surface area contributed by atoms with Crippen molar-refractivity contribution in [2.75, 3.05) is 9.80 Å². The predicted molar refractivity (Wildman–Crippen MR) is 309 cm³/mol. The van der Waals surface area contributed by atoms with Gasteiger partial charge in [0.15, 0.2) is 0 Å². The Bertz CT molecular complexity index is 3830. The van der Waals surface area contributed by atoms with Crippen LogP contribution in [0.4, 0.5) is 34.1 Å². The van der Waals surface area contributed by atoms with Crippen molar-refractivity contribution in [2.45, 2.75) is 78.1 Å². The molecule has 0 unspecified atom stereocenters. The molecule has 4 aliphatic rings. The van der Waals surface area contributed by atoms with Crippen molar-refractivity contribution in [1.82, 2.24) is 0 Å². The molecule has 9 aromatic carbocycles. The fourth-order valence-electron chi connectivity index (χ4n) is 13.1. The predicted octanol–water partition coefficient (Wildman–Crippen LogP) is 16.8. The summed E-state index contributed by atoms with van der Waals surface area (Å²) in [5.41, 5.74) is 28.4. The molecule has 348 valence electrons. The van der Waals surface area contributed by atoms with Gasteiger partial charge in [-0.05, 0) is 168 Å². The molecule has 0 bridgehead atoms. The first-order chi connectivity index (χ1) is 34.9. The van der Waals surface area contributed by atoms with Crippen LogP contribution in [0, 0.1) is 6.92 Å². The van der Waals surface area contributed by atoms with Gasteiger partial charge in [0.05, 0.1) is 11.1 Å². The Labute approximate surface area is 429 Å². The normalized spacial score (nSPS) is 14.4. The summed E-state index contributed by atoms with van der Waals surface area (Å²) in [4.78, 5) is 5.22. The lowest BCUT2D eigenvalue weighted by Gasteiger charge is -2.43. The average Bonchev–Trinajstić information content (AvgIpc) is 4.03. The lowest BCUT2D eigenvalue weighted by Crippen LogP contribution is -2.60. The van der Waals surface area contributed by atoms with Gasteiger partial charge in [-0.25, -0.2) is 0 Å². The van der Waals surface area contributed by atoms with Crippen LogP contribution in [0.2, 0.25) is 0 Å². The second-order valence-corrected chi connectivity index (χ2v) is 23.6. The van der Waals surface area contributed by atoms with E-state index in [0.717, 1.165) is 0 Å². The van der Waals surface area contributed by atoms with Crippen molar-refractivity contribution >= 4 is 78.0 Å². The van der Waals surface area contributed by atoms with Gasteiger partial charge in [-0.2, -0.15) is 0 Å². The molecule has 0 fully saturated rings. The van der Waals surface area contributed by atoms with E-state index in [2.05, 4.69) is 253 Å². The third-order valence-electron chi connectivity index (χ3n) is 16.6. The van der Waals surface area contributed by atoms with Crippen LogP contribution in [0.15, 0.2) is 188 Å². The molecule has 0 radical (unpaired) electrons. The molecule has 2 aliphatic carbocycles. The zero-order valence-electron chi connectivity index (χ0n) is 42.4. The summed E-state index contributed by atoms with van der Waals surface area (Å²) in [5.74, 6) is 0.838. The van der Waals surface area contributed by atoms with Crippen molar-refractivity contribution in [3.05, 3.63) is 233 Å². The number of fused-ring (bicyclic) bond motifs is 16. The van der Waals surface area contributed by atoms with Crippen molar-refractivity contribution in [1.29, 1.82) is 0 Å². The maximum absolute atomic E-state index is 2.64. The van der Waals surface area contributed by atoms with Gasteiger partial charge in [-0.1, -0.05) is 182 Å². The number of hydrogen-bond donors (Lipinski definition) is 0. The topological polar surface area (TPSA) is 6.48 Å². The van der Waals surface area contributed by atoms with E-state index in [1.807, 2.05) is 11.3 Å². The third kappa shape index (κ3) is 6.02. The van der Waals surface area contributed by atoms with Crippen LogP contribution in [0.1, 0.15) is 105 Å². The fourth-order valence-corrected chi connectivity index (χ4v) is 14.4. The number of benzene rings is 9. The largest absolute Gasteiger partial charge is 0.311 e. The number of anilines is 6. The van der Waals surface area contributed by atoms with E-state index in [1.165, 1.54) is 138 Å². The lowest BCUT2D eigenvalue weighted by atomic mass is 9.36. The Morgan fingerprint density at radius 1 is 0.486 bits per heavy atom. The number of rotatable bonds is 5. The standard InChI is InChI=1S/C68H57BN2S/c1-40(2)43-22-28-49(29-23-43)71-62-35-42(5)34-61-64(62)69(59-33-25-46(44-16-10-9-11-17-44)37-60(59)70(61)48-30-26-47(27-31-48)67(6,7)8)66-65(71)54-38-53-52-32-24-45(41(3)4)36-57(52)68(58(53)39-63(54)72-66)55-20-14-12-18-50(55)51-19-13-15-21-56(51)68/h9-41H,1-8H3. The van der Waals surface area contributed by atoms with Crippen molar-refractivity contribution < 1.29 is 0 Å².